The molecule has 9 heteroatoms. The van der Waals surface area contributed by atoms with Crippen molar-refractivity contribution in [1.29, 1.82) is 0 Å². The van der Waals surface area contributed by atoms with Crippen LogP contribution in [0.2, 0.25) is 0 Å². The van der Waals surface area contributed by atoms with E-state index in [4.69, 9.17) is 0 Å². The molecule has 1 N–H and O–H groups in total. The molecule has 0 bridgehead atoms. The van der Waals surface area contributed by atoms with Gasteiger partial charge in [-0.15, -0.1) is 0 Å². The standard InChI is InChI=1S/C29H24N4O5/c1-16-7-13-21(17(2)15-16)32-28(35)24-23-14-8-18-5-3-4-6-22(18)31(23)26(25(24)29(32)36)27(34)30-19-9-11-20(12-10-19)33(37)38/h3-15,23-26H,1-2H3,(H,30,34)/t23-,24+,25-,26+/m1/s1. The molecule has 4 atom stereocenters. The molecule has 0 unspecified atom stereocenters. The van der Waals surface area contributed by atoms with Gasteiger partial charge in [-0.3, -0.25) is 24.5 Å². The molecule has 6 rings (SSSR count). The number of amides is 3. The van der Waals surface area contributed by atoms with Crippen LogP contribution < -0.4 is 15.1 Å². The van der Waals surface area contributed by atoms with Crippen molar-refractivity contribution >= 4 is 46.5 Å². The second-order valence-electron chi connectivity index (χ2n) is 9.91. The number of fused-ring (bicyclic) bond motifs is 5. The summed E-state index contributed by atoms with van der Waals surface area (Å²) >= 11 is 0. The lowest BCUT2D eigenvalue weighted by atomic mass is 9.88. The zero-order valence-corrected chi connectivity index (χ0v) is 20.7. The second-order valence-corrected chi connectivity index (χ2v) is 9.91. The highest BCUT2D eigenvalue weighted by atomic mass is 16.6. The lowest BCUT2D eigenvalue weighted by Gasteiger charge is -2.36. The van der Waals surface area contributed by atoms with E-state index >= 15 is 0 Å². The van der Waals surface area contributed by atoms with Gasteiger partial charge in [-0.2, -0.15) is 0 Å². The fraction of sp³-hybridized carbons (Fsp3) is 0.207. The van der Waals surface area contributed by atoms with Crippen molar-refractivity contribution in [3.63, 3.8) is 0 Å². The lowest BCUT2D eigenvalue weighted by Crippen LogP contribution is -2.50. The van der Waals surface area contributed by atoms with E-state index in [1.807, 2.05) is 67.3 Å². The van der Waals surface area contributed by atoms with E-state index in [0.717, 1.165) is 22.4 Å². The monoisotopic (exact) mass is 508 g/mol. The smallest absolute Gasteiger partial charge is 0.269 e. The summed E-state index contributed by atoms with van der Waals surface area (Å²) < 4.78 is 0. The average molecular weight is 509 g/mol. The van der Waals surface area contributed by atoms with E-state index in [1.54, 1.807) is 6.07 Å². The van der Waals surface area contributed by atoms with Crippen LogP contribution in [-0.2, 0) is 14.4 Å². The predicted octanol–water partition coefficient (Wildman–Crippen LogP) is 4.24. The number of hydrogen-bond acceptors (Lipinski definition) is 6. The molecule has 0 radical (unpaired) electrons. The molecule has 3 aliphatic heterocycles. The van der Waals surface area contributed by atoms with Crippen molar-refractivity contribution in [2.75, 3.05) is 15.1 Å². The van der Waals surface area contributed by atoms with E-state index < -0.39 is 40.7 Å². The number of nitro benzene ring substituents is 1. The Balaban J connectivity index is 1.42. The van der Waals surface area contributed by atoms with Crippen molar-refractivity contribution < 1.29 is 19.3 Å². The second kappa shape index (κ2) is 8.65. The summed E-state index contributed by atoms with van der Waals surface area (Å²) in [5.74, 6) is -2.82. The predicted molar refractivity (Wildman–Crippen MR) is 143 cm³/mol. The summed E-state index contributed by atoms with van der Waals surface area (Å²) in [5, 5.41) is 13.9. The van der Waals surface area contributed by atoms with Crippen LogP contribution in [0.15, 0.2) is 72.8 Å². The van der Waals surface area contributed by atoms with E-state index in [-0.39, 0.29) is 11.6 Å². The van der Waals surface area contributed by atoms with Crippen LogP contribution in [0, 0.1) is 35.8 Å². The Morgan fingerprint density at radius 3 is 2.34 bits per heavy atom. The van der Waals surface area contributed by atoms with Crippen LogP contribution in [0.1, 0.15) is 16.7 Å². The number of nitrogens with zero attached hydrogens (tertiary/aromatic N) is 3. The Hall–Kier alpha value is -4.79. The number of hydrogen-bond donors (Lipinski definition) is 1. The molecule has 3 aromatic rings. The molecular weight excluding hydrogens is 484 g/mol. The average Bonchev–Trinajstić information content (AvgIpc) is 3.37. The quantitative estimate of drug-likeness (QED) is 0.320. The Labute approximate surface area is 218 Å². The van der Waals surface area contributed by atoms with Crippen LogP contribution in [0.4, 0.5) is 22.7 Å². The maximum atomic E-state index is 14.0. The van der Waals surface area contributed by atoms with Crippen LogP contribution in [0.25, 0.3) is 6.08 Å². The van der Waals surface area contributed by atoms with Crippen LogP contribution in [0.3, 0.4) is 0 Å². The number of aryl methyl sites for hydroxylation is 2. The zero-order chi connectivity index (χ0) is 26.7. The van der Waals surface area contributed by atoms with Crippen molar-refractivity contribution in [2.24, 2.45) is 11.8 Å². The summed E-state index contributed by atoms with van der Waals surface area (Å²) in [6, 6.07) is 17.2. The lowest BCUT2D eigenvalue weighted by molar-refractivity contribution is -0.384. The first-order chi connectivity index (χ1) is 18.3. The summed E-state index contributed by atoms with van der Waals surface area (Å²) in [5.41, 5.74) is 4.29. The minimum absolute atomic E-state index is 0.0974. The van der Waals surface area contributed by atoms with E-state index in [9.17, 15) is 24.5 Å². The number of nitro groups is 1. The summed E-state index contributed by atoms with van der Waals surface area (Å²) in [4.78, 5) is 55.3. The minimum atomic E-state index is -0.960. The number of non-ortho nitro benzene ring substituents is 1. The van der Waals surface area contributed by atoms with E-state index in [0.29, 0.717) is 11.4 Å². The molecule has 2 fully saturated rings. The van der Waals surface area contributed by atoms with Gasteiger partial charge in [-0.05, 0) is 49.2 Å². The third-order valence-electron chi connectivity index (χ3n) is 7.62. The molecular formula is C29H24N4O5. The van der Waals surface area contributed by atoms with Crippen LogP contribution >= 0.6 is 0 Å². The van der Waals surface area contributed by atoms with Crippen molar-refractivity contribution in [1.82, 2.24) is 0 Å². The van der Waals surface area contributed by atoms with E-state index in [1.165, 1.54) is 29.2 Å². The molecule has 3 heterocycles. The van der Waals surface area contributed by atoms with Gasteiger partial charge >= 0.3 is 0 Å². The van der Waals surface area contributed by atoms with Gasteiger partial charge in [0.1, 0.15) is 6.04 Å². The molecule has 3 amide bonds. The Kier molecular flexibility index (Phi) is 5.37. The Morgan fingerprint density at radius 2 is 1.63 bits per heavy atom. The first-order valence-electron chi connectivity index (χ1n) is 12.3. The molecule has 3 aliphatic rings. The minimum Gasteiger partial charge on any atom is -0.351 e. The number of rotatable bonds is 4. The third kappa shape index (κ3) is 3.50. The highest BCUT2D eigenvalue weighted by Gasteiger charge is 2.64. The largest absolute Gasteiger partial charge is 0.351 e. The topological polar surface area (TPSA) is 113 Å². The van der Waals surface area contributed by atoms with Gasteiger partial charge < -0.3 is 10.2 Å². The van der Waals surface area contributed by atoms with Crippen LogP contribution in [0.5, 0.6) is 0 Å². The highest BCUT2D eigenvalue weighted by Crippen LogP contribution is 2.49. The number of para-hydroxylation sites is 1. The zero-order valence-electron chi connectivity index (χ0n) is 20.7. The van der Waals surface area contributed by atoms with Gasteiger partial charge in [0.2, 0.25) is 17.7 Å². The Bertz CT molecular complexity index is 1550. The van der Waals surface area contributed by atoms with E-state index in [2.05, 4.69) is 5.32 Å². The molecule has 38 heavy (non-hydrogen) atoms. The van der Waals surface area contributed by atoms with Gasteiger partial charge in [0, 0.05) is 23.5 Å². The van der Waals surface area contributed by atoms with Gasteiger partial charge in [0.15, 0.2) is 0 Å². The number of nitrogens with one attached hydrogen (secondary N) is 1. The van der Waals surface area contributed by atoms with Gasteiger partial charge in [0.25, 0.3) is 5.69 Å². The van der Waals surface area contributed by atoms with Gasteiger partial charge in [-0.25, -0.2) is 4.90 Å². The molecule has 190 valence electrons. The van der Waals surface area contributed by atoms with Gasteiger partial charge in [0.05, 0.1) is 28.5 Å². The molecule has 3 aromatic carbocycles. The number of anilines is 3. The normalized spacial score (nSPS) is 23.2. The molecule has 0 aliphatic carbocycles. The first-order valence-corrected chi connectivity index (χ1v) is 12.3. The molecule has 0 aromatic heterocycles. The summed E-state index contributed by atoms with van der Waals surface area (Å²) in [6.07, 6.45) is 3.83. The first kappa shape index (κ1) is 23.6. The third-order valence-corrected chi connectivity index (χ3v) is 7.62. The molecule has 0 spiro atoms. The summed E-state index contributed by atoms with van der Waals surface area (Å²) in [7, 11) is 0. The number of carbonyl (C=O) groups excluding carboxylic acids is 3. The van der Waals surface area contributed by atoms with Crippen molar-refractivity contribution in [2.45, 2.75) is 25.9 Å². The van der Waals surface area contributed by atoms with Gasteiger partial charge in [-0.1, -0.05) is 48.0 Å². The molecule has 0 saturated carbocycles. The fourth-order valence-corrected chi connectivity index (χ4v) is 5.99. The Morgan fingerprint density at radius 1 is 0.921 bits per heavy atom. The molecule has 2 saturated heterocycles. The van der Waals surface area contributed by atoms with Crippen molar-refractivity contribution in [3.8, 4) is 0 Å². The van der Waals surface area contributed by atoms with Crippen LogP contribution in [-0.4, -0.2) is 34.7 Å². The fourth-order valence-electron chi connectivity index (χ4n) is 5.99. The SMILES string of the molecule is Cc1ccc(N2C(=O)[C@@H]3[C@@H](C2=O)[C@@H](C(=O)Nc2ccc([N+](=O)[O-])cc2)N2c4ccccc4C=C[C@H]32)c(C)c1. The van der Waals surface area contributed by atoms with Crippen molar-refractivity contribution in [3.05, 3.63) is 99.6 Å². The summed E-state index contributed by atoms with van der Waals surface area (Å²) in [6.45, 7) is 3.80. The number of benzene rings is 3. The molecule has 9 nitrogen and oxygen atoms in total. The number of carbonyl (C=O) groups is 3. The highest BCUT2D eigenvalue weighted by molar-refractivity contribution is 6.25. The number of imide groups is 1. The maximum Gasteiger partial charge on any atom is 0.269 e. The maximum absolute atomic E-state index is 14.0.